The smallest absolute Gasteiger partial charge is 0.271 e. The zero-order valence-corrected chi connectivity index (χ0v) is 11.4. The van der Waals surface area contributed by atoms with Crippen LogP contribution in [0.15, 0.2) is 29.3 Å². The van der Waals surface area contributed by atoms with Crippen LogP contribution in [0, 0.1) is 18.3 Å². The first-order valence-corrected chi connectivity index (χ1v) is 6.46. The van der Waals surface area contributed by atoms with E-state index in [-0.39, 0.29) is 12.0 Å². The number of aryl methyl sites for hydroxylation is 1. The Balaban J connectivity index is 2.17. The maximum atomic E-state index is 12.4. The van der Waals surface area contributed by atoms with Crippen molar-refractivity contribution in [2.45, 2.75) is 19.8 Å². The van der Waals surface area contributed by atoms with Crippen molar-refractivity contribution in [3.05, 3.63) is 46.1 Å². The average Bonchev–Trinajstić information content (AvgIpc) is 2.92. The molecule has 0 bridgehead atoms. The minimum atomic E-state index is -0.208. The summed E-state index contributed by atoms with van der Waals surface area (Å²) in [5.41, 5.74) is 1.77. The molecule has 0 saturated heterocycles. The summed E-state index contributed by atoms with van der Waals surface area (Å²) in [6.45, 7) is 1.76. The summed E-state index contributed by atoms with van der Waals surface area (Å²) in [4.78, 5) is 25.0. The molecule has 0 aromatic carbocycles. The molecular weight excluding hydrogens is 268 g/mol. The van der Waals surface area contributed by atoms with E-state index in [0.717, 1.165) is 5.56 Å². The van der Waals surface area contributed by atoms with Gasteiger partial charge in [0.15, 0.2) is 5.82 Å². The van der Waals surface area contributed by atoms with Crippen molar-refractivity contribution in [3.63, 3.8) is 0 Å². The SMILES string of the molecule is Cc1nc2nc(-c3ccncc3)[nH]n2c(=O)c1CCC#N. The van der Waals surface area contributed by atoms with Crippen molar-refractivity contribution in [3.8, 4) is 17.5 Å². The Labute approximate surface area is 119 Å². The number of H-pyrrole nitrogens is 1. The third kappa shape index (κ3) is 2.27. The molecule has 0 fully saturated rings. The first-order chi connectivity index (χ1) is 10.2. The van der Waals surface area contributed by atoms with Crippen molar-refractivity contribution in [1.29, 1.82) is 5.26 Å². The molecule has 3 aromatic rings. The second-order valence-electron chi connectivity index (χ2n) is 4.58. The third-order valence-electron chi connectivity index (χ3n) is 3.24. The summed E-state index contributed by atoms with van der Waals surface area (Å²) in [5.74, 6) is 0.879. The number of hydrogen-bond donors (Lipinski definition) is 1. The molecule has 0 aliphatic carbocycles. The molecule has 0 aliphatic heterocycles. The largest absolute Gasteiger partial charge is 0.277 e. The van der Waals surface area contributed by atoms with Crippen molar-refractivity contribution in [2.24, 2.45) is 0 Å². The van der Waals surface area contributed by atoms with Crippen molar-refractivity contribution in [1.82, 2.24) is 24.6 Å². The molecule has 0 radical (unpaired) electrons. The average molecular weight is 280 g/mol. The molecule has 0 atom stereocenters. The van der Waals surface area contributed by atoms with E-state index in [1.165, 1.54) is 4.52 Å². The van der Waals surface area contributed by atoms with Crippen molar-refractivity contribution in [2.75, 3.05) is 0 Å². The number of nitrogens with zero attached hydrogens (tertiary/aromatic N) is 5. The van der Waals surface area contributed by atoms with Crippen LogP contribution in [0.3, 0.4) is 0 Å². The highest BCUT2D eigenvalue weighted by atomic mass is 16.1. The van der Waals surface area contributed by atoms with Crippen LogP contribution in [0.1, 0.15) is 17.7 Å². The number of pyridine rings is 1. The molecule has 1 N–H and O–H groups in total. The monoisotopic (exact) mass is 280 g/mol. The lowest BCUT2D eigenvalue weighted by Crippen LogP contribution is -2.21. The van der Waals surface area contributed by atoms with Crippen molar-refractivity contribution >= 4 is 5.78 Å². The van der Waals surface area contributed by atoms with Gasteiger partial charge in [0, 0.05) is 29.9 Å². The number of nitriles is 1. The van der Waals surface area contributed by atoms with Gasteiger partial charge in [-0.1, -0.05) is 0 Å². The molecular formula is C14H12N6O. The molecule has 0 aliphatic rings. The van der Waals surface area contributed by atoms with Crippen molar-refractivity contribution < 1.29 is 0 Å². The van der Waals surface area contributed by atoms with E-state index in [1.54, 1.807) is 31.5 Å². The van der Waals surface area contributed by atoms with Gasteiger partial charge in [0.05, 0.1) is 11.8 Å². The lowest BCUT2D eigenvalue weighted by atomic mass is 10.1. The minimum absolute atomic E-state index is 0.208. The van der Waals surface area contributed by atoms with E-state index in [9.17, 15) is 4.79 Å². The lowest BCUT2D eigenvalue weighted by Gasteiger charge is -2.01. The summed E-state index contributed by atoms with van der Waals surface area (Å²) in [5, 5.41) is 11.6. The van der Waals surface area contributed by atoms with Crippen LogP contribution in [0.25, 0.3) is 17.2 Å². The van der Waals surface area contributed by atoms with Crippen LogP contribution in [-0.2, 0) is 6.42 Å². The van der Waals surface area contributed by atoms with E-state index in [1.807, 2.05) is 6.07 Å². The predicted octanol–water partition coefficient (Wildman–Crippen LogP) is 1.24. The molecule has 0 saturated carbocycles. The van der Waals surface area contributed by atoms with Gasteiger partial charge in [-0.25, -0.2) is 4.98 Å². The normalized spacial score (nSPS) is 10.7. The van der Waals surface area contributed by atoms with Gasteiger partial charge in [0.25, 0.3) is 11.3 Å². The molecule has 3 rings (SSSR count). The molecule has 3 aromatic heterocycles. The van der Waals surface area contributed by atoms with Crippen LogP contribution >= 0.6 is 0 Å². The van der Waals surface area contributed by atoms with E-state index < -0.39 is 0 Å². The predicted molar refractivity (Wildman–Crippen MR) is 75.5 cm³/mol. The molecule has 0 unspecified atom stereocenters. The van der Waals surface area contributed by atoms with Gasteiger partial charge in [-0.2, -0.15) is 14.8 Å². The Kier molecular flexibility index (Phi) is 3.20. The molecule has 21 heavy (non-hydrogen) atoms. The van der Waals surface area contributed by atoms with Crippen LogP contribution in [0.4, 0.5) is 0 Å². The number of aromatic amines is 1. The fourth-order valence-corrected chi connectivity index (χ4v) is 2.16. The second kappa shape index (κ2) is 5.17. The minimum Gasteiger partial charge on any atom is -0.271 e. The lowest BCUT2D eigenvalue weighted by molar-refractivity contribution is 0.839. The first kappa shape index (κ1) is 13.0. The summed E-state index contributed by atoms with van der Waals surface area (Å²) in [7, 11) is 0. The van der Waals surface area contributed by atoms with Gasteiger partial charge >= 0.3 is 0 Å². The zero-order chi connectivity index (χ0) is 14.8. The third-order valence-corrected chi connectivity index (χ3v) is 3.24. The summed E-state index contributed by atoms with van der Waals surface area (Å²) in [6, 6.07) is 5.64. The summed E-state index contributed by atoms with van der Waals surface area (Å²) < 4.78 is 1.31. The Bertz CT molecular complexity index is 887. The van der Waals surface area contributed by atoms with Gasteiger partial charge < -0.3 is 0 Å². The molecule has 7 heteroatoms. The summed E-state index contributed by atoms with van der Waals surface area (Å²) >= 11 is 0. The molecule has 0 spiro atoms. The van der Waals surface area contributed by atoms with Gasteiger partial charge in [0.1, 0.15) is 0 Å². The molecule has 0 amide bonds. The Morgan fingerprint density at radius 2 is 2.10 bits per heavy atom. The Morgan fingerprint density at radius 1 is 1.33 bits per heavy atom. The number of aromatic nitrogens is 5. The Morgan fingerprint density at radius 3 is 2.81 bits per heavy atom. The van der Waals surface area contributed by atoms with Crippen LogP contribution in [0.2, 0.25) is 0 Å². The molecule has 3 heterocycles. The van der Waals surface area contributed by atoms with Gasteiger partial charge in [-0.15, -0.1) is 0 Å². The van der Waals surface area contributed by atoms with Gasteiger partial charge in [-0.05, 0) is 25.5 Å². The topological polar surface area (TPSA) is 99.7 Å². The summed E-state index contributed by atoms with van der Waals surface area (Å²) in [6.07, 6.45) is 3.99. The van der Waals surface area contributed by atoms with Gasteiger partial charge in [-0.3, -0.25) is 14.9 Å². The number of hydrogen-bond acceptors (Lipinski definition) is 5. The molecule has 104 valence electrons. The van der Waals surface area contributed by atoms with Crippen LogP contribution < -0.4 is 5.56 Å². The number of fused-ring (bicyclic) bond motifs is 1. The van der Waals surface area contributed by atoms with E-state index in [4.69, 9.17) is 5.26 Å². The zero-order valence-electron chi connectivity index (χ0n) is 11.4. The number of nitrogens with one attached hydrogen (secondary N) is 1. The quantitative estimate of drug-likeness (QED) is 0.778. The first-order valence-electron chi connectivity index (χ1n) is 6.46. The highest BCUT2D eigenvalue weighted by Crippen LogP contribution is 2.14. The Hall–Kier alpha value is -3.01. The molecule has 7 nitrogen and oxygen atoms in total. The fourth-order valence-electron chi connectivity index (χ4n) is 2.16. The maximum Gasteiger partial charge on any atom is 0.277 e. The standard InChI is InChI=1S/C14H12N6O/c1-9-11(3-2-6-15)13(21)20-14(17-9)18-12(19-20)10-4-7-16-8-5-10/h4-5,7-8H,2-3H2,1H3,(H,17,18,19). The second-order valence-corrected chi connectivity index (χ2v) is 4.58. The number of rotatable bonds is 3. The maximum absolute atomic E-state index is 12.4. The van der Waals surface area contributed by atoms with E-state index in [2.05, 4.69) is 20.1 Å². The van der Waals surface area contributed by atoms with E-state index in [0.29, 0.717) is 29.3 Å². The highest BCUT2D eigenvalue weighted by Gasteiger charge is 2.13. The van der Waals surface area contributed by atoms with Crippen LogP contribution in [-0.4, -0.2) is 24.6 Å². The van der Waals surface area contributed by atoms with Gasteiger partial charge in [0.2, 0.25) is 0 Å². The highest BCUT2D eigenvalue weighted by molar-refractivity contribution is 5.55. The van der Waals surface area contributed by atoms with E-state index >= 15 is 0 Å². The fraction of sp³-hybridized carbons (Fsp3) is 0.214. The van der Waals surface area contributed by atoms with Crippen LogP contribution in [0.5, 0.6) is 0 Å².